The minimum absolute atomic E-state index is 0. The summed E-state index contributed by atoms with van der Waals surface area (Å²) in [4.78, 5) is 32.0. The Kier molecular flexibility index (Phi) is 8.43. The number of imide groups is 1. The summed E-state index contributed by atoms with van der Waals surface area (Å²) < 4.78 is 0. The van der Waals surface area contributed by atoms with Gasteiger partial charge in [-0.05, 0) is 30.5 Å². The van der Waals surface area contributed by atoms with Gasteiger partial charge >= 0.3 is 0 Å². The van der Waals surface area contributed by atoms with Crippen molar-refractivity contribution >= 4 is 53.1 Å². The van der Waals surface area contributed by atoms with Gasteiger partial charge in [-0.1, -0.05) is 25.1 Å². The molecule has 0 saturated carbocycles. The van der Waals surface area contributed by atoms with Gasteiger partial charge in [0.15, 0.2) is 5.96 Å². The van der Waals surface area contributed by atoms with E-state index in [0.717, 1.165) is 6.54 Å². The van der Waals surface area contributed by atoms with Gasteiger partial charge in [0.05, 0.1) is 17.7 Å². The van der Waals surface area contributed by atoms with Crippen LogP contribution in [-0.4, -0.2) is 48.9 Å². The molecule has 8 heteroatoms. The summed E-state index contributed by atoms with van der Waals surface area (Å²) in [5.41, 5.74) is 0.959. The lowest BCUT2D eigenvalue weighted by atomic mass is 10.1. The zero-order valence-corrected chi connectivity index (χ0v) is 19.1. The van der Waals surface area contributed by atoms with Gasteiger partial charge in [0, 0.05) is 30.4 Å². The average Bonchev–Trinajstić information content (AvgIpc) is 3.30. The molecule has 6 nitrogen and oxygen atoms in total. The number of nitrogens with one attached hydrogen (secondary N) is 2. The predicted molar refractivity (Wildman–Crippen MR) is 124 cm³/mol. The summed E-state index contributed by atoms with van der Waals surface area (Å²) in [7, 11) is 0. The number of halogens is 1. The highest BCUT2D eigenvalue weighted by Crippen LogP contribution is 2.22. The summed E-state index contributed by atoms with van der Waals surface area (Å²) in [5.74, 6) is 0.575. The first-order chi connectivity index (χ1) is 13.1. The molecular weight excluding hydrogens is 487 g/mol. The zero-order chi connectivity index (χ0) is 19.2. The Bertz CT molecular complexity index is 803. The molecule has 1 unspecified atom stereocenters. The number of carbonyl (C=O) groups excluding carboxylic acids is 2. The Morgan fingerprint density at radius 3 is 2.36 bits per heavy atom. The molecule has 150 valence electrons. The van der Waals surface area contributed by atoms with Gasteiger partial charge in [-0.25, -0.2) is 0 Å². The molecule has 2 N–H and O–H groups in total. The molecule has 0 aliphatic carbocycles. The van der Waals surface area contributed by atoms with Crippen LogP contribution < -0.4 is 10.6 Å². The maximum atomic E-state index is 12.4. The lowest BCUT2D eigenvalue weighted by Gasteiger charge is -2.17. The van der Waals surface area contributed by atoms with Gasteiger partial charge in [-0.2, -0.15) is 0 Å². The number of benzene rings is 1. The molecule has 0 fully saturated rings. The van der Waals surface area contributed by atoms with Crippen LogP contribution >= 0.6 is 35.3 Å². The number of guanidine groups is 1. The fraction of sp³-hybridized carbons (Fsp3) is 0.350. The van der Waals surface area contributed by atoms with Crippen molar-refractivity contribution in [1.82, 2.24) is 15.5 Å². The first-order valence-electron chi connectivity index (χ1n) is 9.12. The smallest absolute Gasteiger partial charge is 0.261 e. The highest BCUT2D eigenvalue weighted by Gasteiger charge is 2.34. The van der Waals surface area contributed by atoms with E-state index in [9.17, 15) is 9.59 Å². The molecule has 0 saturated heterocycles. The van der Waals surface area contributed by atoms with Gasteiger partial charge in [0.25, 0.3) is 11.8 Å². The van der Waals surface area contributed by atoms with Crippen LogP contribution in [0.1, 0.15) is 45.4 Å². The first-order valence-corrected chi connectivity index (χ1v) is 10.0. The minimum atomic E-state index is -0.231. The van der Waals surface area contributed by atoms with Crippen molar-refractivity contribution in [2.75, 3.05) is 26.2 Å². The van der Waals surface area contributed by atoms with E-state index in [-0.39, 0.29) is 35.8 Å². The second kappa shape index (κ2) is 10.6. The molecule has 1 aromatic carbocycles. The molecule has 1 atom stereocenters. The van der Waals surface area contributed by atoms with Crippen LogP contribution in [0, 0.1) is 0 Å². The molecular formula is C20H25IN4O2S. The zero-order valence-electron chi connectivity index (χ0n) is 16.0. The van der Waals surface area contributed by atoms with E-state index in [4.69, 9.17) is 0 Å². The number of amides is 2. The molecule has 0 radical (unpaired) electrons. The molecule has 0 bridgehead atoms. The summed E-state index contributed by atoms with van der Waals surface area (Å²) in [6.45, 7) is 6.32. The maximum absolute atomic E-state index is 12.4. The Morgan fingerprint density at radius 1 is 1.11 bits per heavy atom. The van der Waals surface area contributed by atoms with Crippen molar-refractivity contribution in [3.63, 3.8) is 0 Å². The summed E-state index contributed by atoms with van der Waals surface area (Å²) >= 11 is 1.73. The van der Waals surface area contributed by atoms with Crippen molar-refractivity contribution in [2.45, 2.75) is 19.8 Å². The Morgan fingerprint density at radius 2 is 1.79 bits per heavy atom. The Balaban J connectivity index is 0.00000280. The normalized spacial score (nSPS) is 14.5. The number of hydrogen-bond donors (Lipinski definition) is 2. The van der Waals surface area contributed by atoms with E-state index < -0.39 is 0 Å². The lowest BCUT2D eigenvalue weighted by Crippen LogP contribution is -2.43. The molecule has 1 aliphatic heterocycles. The molecule has 2 aromatic rings. The van der Waals surface area contributed by atoms with Crippen molar-refractivity contribution in [3.8, 4) is 0 Å². The average molecular weight is 512 g/mol. The fourth-order valence-electron chi connectivity index (χ4n) is 2.96. The number of nitrogens with zero attached hydrogens (tertiary/aromatic N) is 2. The quantitative estimate of drug-likeness (QED) is 0.259. The van der Waals surface area contributed by atoms with Crippen molar-refractivity contribution in [1.29, 1.82) is 0 Å². The molecule has 28 heavy (non-hydrogen) atoms. The first kappa shape index (κ1) is 22.4. The SMILES string of the molecule is CCNC(=NCC(C)c1cccs1)NCCN1C(=O)c2ccccc2C1=O.I. The molecule has 0 spiro atoms. The largest absolute Gasteiger partial charge is 0.357 e. The van der Waals surface area contributed by atoms with Crippen molar-refractivity contribution in [3.05, 3.63) is 57.8 Å². The van der Waals surface area contributed by atoms with Crippen LogP contribution in [0.2, 0.25) is 0 Å². The van der Waals surface area contributed by atoms with Gasteiger partial charge in [-0.3, -0.25) is 19.5 Å². The second-order valence-electron chi connectivity index (χ2n) is 6.37. The van der Waals surface area contributed by atoms with Crippen LogP contribution in [0.15, 0.2) is 46.8 Å². The third-order valence-corrected chi connectivity index (χ3v) is 5.51. The summed E-state index contributed by atoms with van der Waals surface area (Å²) in [6, 6.07) is 11.1. The van der Waals surface area contributed by atoms with E-state index in [2.05, 4.69) is 34.0 Å². The number of rotatable bonds is 7. The lowest BCUT2D eigenvalue weighted by molar-refractivity contribution is 0.0657. The van der Waals surface area contributed by atoms with E-state index in [1.165, 1.54) is 9.78 Å². The van der Waals surface area contributed by atoms with E-state index in [1.54, 1.807) is 35.6 Å². The number of carbonyl (C=O) groups is 2. The van der Waals surface area contributed by atoms with Gasteiger partial charge in [0.1, 0.15) is 0 Å². The number of hydrogen-bond acceptors (Lipinski definition) is 4. The van der Waals surface area contributed by atoms with Gasteiger partial charge in [-0.15, -0.1) is 35.3 Å². The molecule has 2 heterocycles. The van der Waals surface area contributed by atoms with E-state index in [1.807, 2.05) is 13.0 Å². The molecule has 1 aliphatic rings. The van der Waals surface area contributed by atoms with E-state index >= 15 is 0 Å². The minimum Gasteiger partial charge on any atom is -0.357 e. The summed E-state index contributed by atoms with van der Waals surface area (Å²) in [5, 5.41) is 8.48. The number of aliphatic imine (C=N–C) groups is 1. The topological polar surface area (TPSA) is 73.8 Å². The molecule has 1 aromatic heterocycles. The highest BCUT2D eigenvalue weighted by atomic mass is 127. The third-order valence-electron chi connectivity index (χ3n) is 4.40. The Labute approximate surface area is 186 Å². The highest BCUT2D eigenvalue weighted by molar-refractivity contribution is 14.0. The van der Waals surface area contributed by atoms with Crippen LogP contribution in [0.4, 0.5) is 0 Å². The predicted octanol–water partition coefficient (Wildman–Crippen LogP) is 3.32. The van der Waals surface area contributed by atoms with Crippen molar-refractivity contribution in [2.24, 2.45) is 4.99 Å². The summed E-state index contributed by atoms with van der Waals surface area (Å²) in [6.07, 6.45) is 0. The molecule has 3 rings (SSSR count). The maximum Gasteiger partial charge on any atom is 0.261 e. The van der Waals surface area contributed by atoms with E-state index in [0.29, 0.717) is 42.6 Å². The number of fused-ring (bicyclic) bond motifs is 1. The van der Waals surface area contributed by atoms with Crippen LogP contribution in [0.25, 0.3) is 0 Å². The van der Waals surface area contributed by atoms with Crippen LogP contribution in [0.3, 0.4) is 0 Å². The van der Waals surface area contributed by atoms with Crippen LogP contribution in [-0.2, 0) is 0 Å². The monoisotopic (exact) mass is 512 g/mol. The Hall–Kier alpha value is -1.94. The number of thiophene rings is 1. The standard InChI is InChI=1S/C20H24N4O2S.HI/c1-3-21-20(23-13-14(2)17-9-6-12-27-17)22-10-11-24-18(25)15-7-4-5-8-16(15)19(24)26;/h4-9,12,14H,3,10-11,13H2,1-2H3,(H2,21,22,23);1H. The van der Waals surface area contributed by atoms with Gasteiger partial charge in [0.2, 0.25) is 0 Å². The van der Waals surface area contributed by atoms with Crippen molar-refractivity contribution < 1.29 is 9.59 Å². The third kappa shape index (κ3) is 5.11. The van der Waals surface area contributed by atoms with Crippen LogP contribution in [0.5, 0.6) is 0 Å². The molecule has 2 amide bonds. The fourth-order valence-corrected chi connectivity index (χ4v) is 3.74. The van der Waals surface area contributed by atoms with Gasteiger partial charge < -0.3 is 10.6 Å². The second-order valence-corrected chi connectivity index (χ2v) is 7.35.